The van der Waals surface area contributed by atoms with Crippen molar-refractivity contribution in [3.63, 3.8) is 0 Å². The maximum absolute atomic E-state index is 12.7. The summed E-state index contributed by atoms with van der Waals surface area (Å²) in [6.45, 7) is 1.21. The second kappa shape index (κ2) is 6.70. The van der Waals surface area contributed by atoms with Crippen LogP contribution in [-0.2, 0) is 9.53 Å². The van der Waals surface area contributed by atoms with E-state index in [0.717, 1.165) is 32.4 Å². The molecule has 2 aliphatic heterocycles. The predicted molar refractivity (Wildman–Crippen MR) is 72.1 cm³/mol. The van der Waals surface area contributed by atoms with E-state index in [9.17, 15) is 22.4 Å². The summed E-state index contributed by atoms with van der Waals surface area (Å²) >= 11 is 0. The highest BCUT2D eigenvalue weighted by atomic mass is 19.3. The molecule has 0 unspecified atom stereocenters. The number of piperidine rings is 1. The Bertz CT molecular complexity index is 398. The van der Waals surface area contributed by atoms with E-state index in [1.165, 1.54) is 0 Å². The lowest BCUT2D eigenvalue weighted by molar-refractivity contribution is -0.171. The molecular formula is C14H22F4N2O2. The molecule has 0 bridgehead atoms. The van der Waals surface area contributed by atoms with Gasteiger partial charge in [0, 0.05) is 19.6 Å². The summed E-state index contributed by atoms with van der Waals surface area (Å²) in [7, 11) is 2.07. The molecule has 0 aromatic carbocycles. The Balaban J connectivity index is 1.72. The number of nitrogens with zero attached hydrogens (tertiary/aromatic N) is 2. The van der Waals surface area contributed by atoms with Gasteiger partial charge in [0.05, 0.1) is 0 Å². The first-order chi connectivity index (χ1) is 10.2. The van der Waals surface area contributed by atoms with Crippen molar-refractivity contribution in [1.29, 1.82) is 0 Å². The molecule has 4 nitrogen and oxygen atoms in total. The Labute approximate surface area is 127 Å². The normalized spacial score (nSPS) is 22.7. The summed E-state index contributed by atoms with van der Waals surface area (Å²) in [5.41, 5.74) is 0.259. The molecule has 0 saturated carbocycles. The highest BCUT2D eigenvalue weighted by Crippen LogP contribution is 2.39. The minimum absolute atomic E-state index is 0.259. The van der Waals surface area contributed by atoms with E-state index < -0.39 is 31.5 Å². The van der Waals surface area contributed by atoms with E-state index in [4.69, 9.17) is 0 Å². The molecule has 0 radical (unpaired) electrons. The van der Waals surface area contributed by atoms with Crippen molar-refractivity contribution in [2.24, 2.45) is 5.41 Å². The summed E-state index contributed by atoms with van der Waals surface area (Å²) in [6, 6.07) is 0. The molecule has 128 valence electrons. The molecule has 1 amide bonds. The number of rotatable bonds is 5. The van der Waals surface area contributed by atoms with Crippen LogP contribution in [0.4, 0.5) is 17.6 Å². The lowest BCUT2D eigenvalue weighted by Gasteiger charge is -2.39. The summed E-state index contributed by atoms with van der Waals surface area (Å²) in [6.07, 6.45) is -0.897. The van der Waals surface area contributed by atoms with Crippen molar-refractivity contribution >= 4 is 5.91 Å². The zero-order valence-electron chi connectivity index (χ0n) is 12.7. The van der Waals surface area contributed by atoms with Gasteiger partial charge in [-0.3, -0.25) is 4.79 Å². The third kappa shape index (κ3) is 4.10. The van der Waals surface area contributed by atoms with E-state index in [0.29, 0.717) is 13.1 Å². The molecule has 2 rings (SSSR count). The van der Waals surface area contributed by atoms with Gasteiger partial charge in [-0.25, -0.2) is 8.78 Å². The van der Waals surface area contributed by atoms with Crippen LogP contribution in [-0.4, -0.2) is 74.5 Å². The van der Waals surface area contributed by atoms with Crippen molar-refractivity contribution < 1.29 is 27.1 Å². The second-order valence-corrected chi connectivity index (χ2v) is 6.42. The highest BCUT2D eigenvalue weighted by molar-refractivity contribution is 5.77. The minimum atomic E-state index is -4.21. The Morgan fingerprint density at radius 1 is 1.23 bits per heavy atom. The van der Waals surface area contributed by atoms with Gasteiger partial charge in [-0.1, -0.05) is 0 Å². The van der Waals surface area contributed by atoms with Crippen LogP contribution in [0.15, 0.2) is 0 Å². The number of carbonyl (C=O) groups is 1. The monoisotopic (exact) mass is 326 g/mol. The van der Waals surface area contributed by atoms with Crippen molar-refractivity contribution in [3.8, 4) is 0 Å². The van der Waals surface area contributed by atoms with Gasteiger partial charge in [0.2, 0.25) is 5.91 Å². The largest absolute Gasteiger partial charge is 0.365 e. The molecule has 0 aliphatic carbocycles. The van der Waals surface area contributed by atoms with E-state index in [1.807, 2.05) is 0 Å². The van der Waals surface area contributed by atoms with Gasteiger partial charge in [-0.05, 0) is 38.3 Å². The van der Waals surface area contributed by atoms with Crippen molar-refractivity contribution in [2.75, 3.05) is 46.4 Å². The van der Waals surface area contributed by atoms with Crippen LogP contribution in [0.3, 0.4) is 0 Å². The second-order valence-electron chi connectivity index (χ2n) is 6.42. The van der Waals surface area contributed by atoms with Crippen LogP contribution < -0.4 is 0 Å². The molecule has 0 atom stereocenters. The van der Waals surface area contributed by atoms with Gasteiger partial charge < -0.3 is 14.5 Å². The zero-order chi connectivity index (χ0) is 16.4. The molecule has 22 heavy (non-hydrogen) atoms. The van der Waals surface area contributed by atoms with Crippen LogP contribution in [0.5, 0.6) is 0 Å². The number of hydrogen-bond donors (Lipinski definition) is 0. The fraction of sp³-hybridized carbons (Fsp3) is 0.929. The van der Waals surface area contributed by atoms with Crippen molar-refractivity contribution in [2.45, 2.75) is 31.6 Å². The Hall–Kier alpha value is -0.890. The van der Waals surface area contributed by atoms with Crippen molar-refractivity contribution in [3.05, 3.63) is 0 Å². The molecular weight excluding hydrogens is 304 g/mol. The Morgan fingerprint density at radius 3 is 2.32 bits per heavy atom. The van der Waals surface area contributed by atoms with Crippen molar-refractivity contribution in [1.82, 2.24) is 9.80 Å². The molecule has 2 heterocycles. The molecule has 8 heteroatoms. The van der Waals surface area contributed by atoms with Crippen LogP contribution in [0.1, 0.15) is 19.3 Å². The van der Waals surface area contributed by atoms with Gasteiger partial charge >= 0.3 is 12.3 Å². The molecule has 0 N–H and O–H groups in total. The first kappa shape index (κ1) is 17.5. The maximum atomic E-state index is 12.7. The first-order valence-electron chi connectivity index (χ1n) is 7.44. The van der Waals surface area contributed by atoms with Gasteiger partial charge in [0.25, 0.3) is 0 Å². The molecule has 0 aromatic heterocycles. The number of alkyl halides is 4. The maximum Gasteiger partial charge on any atom is 0.330 e. The molecule has 2 saturated heterocycles. The summed E-state index contributed by atoms with van der Waals surface area (Å²) in [5, 5.41) is 0. The van der Waals surface area contributed by atoms with Crippen LogP contribution in [0.2, 0.25) is 0 Å². The zero-order valence-corrected chi connectivity index (χ0v) is 12.7. The number of amides is 1. The van der Waals surface area contributed by atoms with E-state index in [2.05, 4.69) is 16.7 Å². The van der Waals surface area contributed by atoms with E-state index >= 15 is 0 Å². The smallest absolute Gasteiger partial charge is 0.330 e. The Morgan fingerprint density at radius 2 is 1.82 bits per heavy atom. The highest BCUT2D eigenvalue weighted by Gasteiger charge is 2.42. The third-order valence-corrected chi connectivity index (χ3v) is 4.65. The standard InChI is InChI=1S/C14H22F4N2O2/c1-19-5-2-13(9-19)3-6-20(7-4-13)11(21)8-22-10-14(17,18)12(15)16/h12H,2-10H2,1H3. The van der Waals surface area contributed by atoms with Crippen LogP contribution in [0, 0.1) is 5.41 Å². The quantitative estimate of drug-likeness (QED) is 0.723. The fourth-order valence-electron chi connectivity index (χ4n) is 3.23. The SMILES string of the molecule is CN1CCC2(CCN(C(=O)COCC(F)(F)C(F)F)CC2)C1. The summed E-state index contributed by atoms with van der Waals surface area (Å²) < 4.78 is 53.7. The first-order valence-corrected chi connectivity index (χ1v) is 7.44. The predicted octanol–water partition coefficient (Wildman–Crippen LogP) is 1.85. The van der Waals surface area contributed by atoms with Crippen LogP contribution >= 0.6 is 0 Å². The summed E-state index contributed by atoms with van der Waals surface area (Å²) in [4.78, 5) is 15.7. The van der Waals surface area contributed by atoms with E-state index in [1.54, 1.807) is 4.90 Å². The number of carbonyl (C=O) groups excluding carboxylic acids is 1. The lowest BCUT2D eigenvalue weighted by Crippen LogP contribution is -2.45. The third-order valence-electron chi connectivity index (χ3n) is 4.65. The van der Waals surface area contributed by atoms with Gasteiger partial charge in [0.1, 0.15) is 13.2 Å². The molecule has 2 fully saturated rings. The number of hydrogen-bond acceptors (Lipinski definition) is 3. The average Bonchev–Trinajstić information content (AvgIpc) is 2.80. The van der Waals surface area contributed by atoms with Crippen LogP contribution in [0.25, 0.3) is 0 Å². The molecule has 1 spiro atoms. The topological polar surface area (TPSA) is 32.8 Å². The fourth-order valence-corrected chi connectivity index (χ4v) is 3.23. The van der Waals surface area contributed by atoms with Gasteiger partial charge in [-0.15, -0.1) is 0 Å². The molecule has 0 aromatic rings. The van der Waals surface area contributed by atoms with Gasteiger partial charge in [0.15, 0.2) is 0 Å². The average molecular weight is 326 g/mol. The summed E-state index contributed by atoms with van der Waals surface area (Å²) in [5.74, 6) is -4.62. The minimum Gasteiger partial charge on any atom is -0.365 e. The number of likely N-dealkylation sites (tertiary alicyclic amines) is 2. The molecule has 2 aliphatic rings. The number of ether oxygens (including phenoxy) is 1. The number of halogens is 4. The Kier molecular flexibility index (Phi) is 5.32. The van der Waals surface area contributed by atoms with E-state index in [-0.39, 0.29) is 5.41 Å². The van der Waals surface area contributed by atoms with Gasteiger partial charge in [-0.2, -0.15) is 8.78 Å². The lowest BCUT2D eigenvalue weighted by atomic mass is 9.78.